The van der Waals surface area contributed by atoms with E-state index in [0.717, 1.165) is 24.1 Å². The van der Waals surface area contributed by atoms with Crippen molar-refractivity contribution < 1.29 is 4.79 Å². The largest absolute Gasteiger partial charge is 0.353 e. The summed E-state index contributed by atoms with van der Waals surface area (Å²) in [5.74, 6) is -0.256. The van der Waals surface area contributed by atoms with Crippen LogP contribution in [0.25, 0.3) is 0 Å². The lowest BCUT2D eigenvalue weighted by Gasteiger charge is -2.33. The summed E-state index contributed by atoms with van der Waals surface area (Å²) in [7, 11) is 0. The van der Waals surface area contributed by atoms with Crippen molar-refractivity contribution in [1.29, 1.82) is 0 Å². The molecule has 1 aliphatic carbocycles. The van der Waals surface area contributed by atoms with Crippen LogP contribution in [0.5, 0.6) is 0 Å². The number of aliphatic imine (C=N–C) groups is 1. The van der Waals surface area contributed by atoms with E-state index in [4.69, 9.17) is 12.2 Å². The van der Waals surface area contributed by atoms with Gasteiger partial charge in [-0.15, -0.1) is 0 Å². The number of hydrogen-bond acceptors (Lipinski definition) is 2. The molecule has 1 saturated carbocycles. The van der Waals surface area contributed by atoms with Gasteiger partial charge in [0.15, 0.2) is 5.11 Å². The highest BCUT2D eigenvalue weighted by molar-refractivity contribution is 7.80. The van der Waals surface area contributed by atoms with Gasteiger partial charge in [-0.2, -0.15) is 0 Å². The summed E-state index contributed by atoms with van der Waals surface area (Å²) in [5, 5.41) is 6.90. The fourth-order valence-electron chi connectivity index (χ4n) is 3.53. The normalized spacial score (nSPS) is 25.4. The van der Waals surface area contributed by atoms with Crippen LogP contribution < -0.4 is 10.6 Å². The number of thiocarbonyl (C=S) groups is 1. The van der Waals surface area contributed by atoms with E-state index in [1.165, 1.54) is 19.3 Å². The molecule has 2 atom stereocenters. The molecule has 0 saturated heterocycles. The predicted octanol–water partition coefficient (Wildman–Crippen LogP) is 3.14. The third kappa shape index (κ3) is 3.78. The Morgan fingerprint density at radius 1 is 1.22 bits per heavy atom. The van der Waals surface area contributed by atoms with Gasteiger partial charge in [-0.1, -0.05) is 49.6 Å². The number of benzene rings is 1. The van der Waals surface area contributed by atoms with Gasteiger partial charge in [-0.3, -0.25) is 4.79 Å². The first kappa shape index (κ1) is 16.1. The smallest absolute Gasteiger partial charge is 0.231 e. The quantitative estimate of drug-likeness (QED) is 0.838. The van der Waals surface area contributed by atoms with Crippen LogP contribution in [0.3, 0.4) is 0 Å². The average Bonchev–Trinajstić information content (AvgIpc) is 2.55. The number of carbonyl (C=O) groups excluding carboxylic acids is 1. The molecule has 1 fully saturated rings. The van der Waals surface area contributed by atoms with Crippen LogP contribution in [0.4, 0.5) is 0 Å². The molecule has 2 aliphatic rings. The van der Waals surface area contributed by atoms with Crippen molar-refractivity contribution in [2.24, 2.45) is 10.9 Å². The predicted molar refractivity (Wildman–Crippen MR) is 96.5 cm³/mol. The average molecular weight is 329 g/mol. The molecule has 4 nitrogen and oxygen atoms in total. The maximum absolute atomic E-state index is 12.9. The highest BCUT2D eigenvalue weighted by Crippen LogP contribution is 2.28. The topological polar surface area (TPSA) is 53.5 Å². The van der Waals surface area contributed by atoms with Crippen LogP contribution in [-0.4, -0.2) is 22.8 Å². The van der Waals surface area contributed by atoms with Gasteiger partial charge in [0.25, 0.3) is 0 Å². The van der Waals surface area contributed by atoms with E-state index < -0.39 is 0 Å². The minimum absolute atomic E-state index is 0.0574. The second-order valence-electron chi connectivity index (χ2n) is 6.41. The molecular weight excluding hydrogens is 306 g/mol. The minimum atomic E-state index is -0.314. The highest BCUT2D eigenvalue weighted by atomic mass is 32.1. The SMILES string of the molecule is CC1=NC(=S)NC(c2ccccc2)C1C(=O)NC1CCCCC1. The lowest BCUT2D eigenvalue weighted by atomic mass is 9.86. The van der Waals surface area contributed by atoms with Crippen molar-refractivity contribution in [3.05, 3.63) is 35.9 Å². The Kier molecular flexibility index (Phi) is 5.06. The number of nitrogens with one attached hydrogen (secondary N) is 2. The van der Waals surface area contributed by atoms with E-state index in [1.54, 1.807) is 0 Å². The van der Waals surface area contributed by atoms with Gasteiger partial charge in [0.2, 0.25) is 5.91 Å². The number of amides is 1. The zero-order chi connectivity index (χ0) is 16.2. The molecule has 2 N–H and O–H groups in total. The molecule has 5 heteroatoms. The van der Waals surface area contributed by atoms with Crippen molar-refractivity contribution in [2.45, 2.75) is 51.1 Å². The summed E-state index contributed by atoms with van der Waals surface area (Å²) < 4.78 is 0. The zero-order valence-electron chi connectivity index (χ0n) is 13.4. The first-order valence-electron chi connectivity index (χ1n) is 8.36. The Morgan fingerprint density at radius 3 is 2.61 bits per heavy atom. The fraction of sp³-hybridized carbons (Fsp3) is 0.500. The third-order valence-corrected chi connectivity index (χ3v) is 4.94. The van der Waals surface area contributed by atoms with Gasteiger partial charge < -0.3 is 10.6 Å². The van der Waals surface area contributed by atoms with E-state index in [9.17, 15) is 4.79 Å². The summed E-state index contributed by atoms with van der Waals surface area (Å²) in [6.07, 6.45) is 5.84. The maximum atomic E-state index is 12.9. The van der Waals surface area contributed by atoms with Gasteiger partial charge in [0.05, 0.1) is 6.04 Å². The molecule has 2 unspecified atom stereocenters. The van der Waals surface area contributed by atoms with Gasteiger partial charge in [0, 0.05) is 11.8 Å². The molecule has 1 aromatic carbocycles. The maximum Gasteiger partial charge on any atom is 0.231 e. The second-order valence-corrected chi connectivity index (χ2v) is 6.80. The molecule has 3 rings (SSSR count). The van der Waals surface area contributed by atoms with Crippen LogP contribution in [-0.2, 0) is 4.79 Å². The molecule has 0 spiro atoms. The Balaban J connectivity index is 1.81. The molecule has 1 aromatic rings. The van der Waals surface area contributed by atoms with Crippen LogP contribution >= 0.6 is 12.2 Å². The Bertz CT molecular complexity index is 608. The number of nitrogens with zero attached hydrogens (tertiary/aromatic N) is 1. The molecule has 1 heterocycles. The summed E-state index contributed by atoms with van der Waals surface area (Å²) >= 11 is 5.23. The molecule has 23 heavy (non-hydrogen) atoms. The summed E-state index contributed by atoms with van der Waals surface area (Å²) in [6, 6.07) is 10.1. The van der Waals surface area contributed by atoms with E-state index in [1.807, 2.05) is 37.3 Å². The Hall–Kier alpha value is -1.75. The molecule has 1 aliphatic heterocycles. The fourth-order valence-corrected chi connectivity index (χ4v) is 3.81. The lowest BCUT2D eigenvalue weighted by molar-refractivity contribution is -0.124. The summed E-state index contributed by atoms with van der Waals surface area (Å²) in [6.45, 7) is 1.90. The van der Waals surface area contributed by atoms with Crippen LogP contribution in [0.15, 0.2) is 35.3 Å². The van der Waals surface area contributed by atoms with E-state index >= 15 is 0 Å². The minimum Gasteiger partial charge on any atom is -0.353 e. The first-order chi connectivity index (χ1) is 11.1. The highest BCUT2D eigenvalue weighted by Gasteiger charge is 2.36. The Labute approximate surface area is 142 Å². The van der Waals surface area contributed by atoms with E-state index in [-0.39, 0.29) is 17.9 Å². The van der Waals surface area contributed by atoms with E-state index in [2.05, 4.69) is 15.6 Å². The lowest BCUT2D eigenvalue weighted by Crippen LogP contribution is -2.50. The molecule has 1 amide bonds. The van der Waals surface area contributed by atoms with E-state index in [0.29, 0.717) is 11.2 Å². The number of hydrogen-bond donors (Lipinski definition) is 2. The van der Waals surface area contributed by atoms with Crippen LogP contribution in [0.1, 0.15) is 50.6 Å². The second kappa shape index (κ2) is 7.21. The van der Waals surface area contributed by atoms with Crippen LogP contribution in [0, 0.1) is 5.92 Å². The molecule has 0 aromatic heterocycles. The van der Waals surface area contributed by atoms with Gasteiger partial charge in [-0.05, 0) is 37.5 Å². The molecule has 0 radical (unpaired) electrons. The zero-order valence-corrected chi connectivity index (χ0v) is 14.2. The third-order valence-electron chi connectivity index (χ3n) is 4.73. The van der Waals surface area contributed by atoms with Gasteiger partial charge >= 0.3 is 0 Å². The summed E-state index contributed by atoms with van der Waals surface area (Å²) in [4.78, 5) is 17.2. The van der Waals surface area contributed by atoms with Crippen LogP contribution in [0.2, 0.25) is 0 Å². The van der Waals surface area contributed by atoms with Crippen molar-refractivity contribution >= 4 is 28.9 Å². The van der Waals surface area contributed by atoms with Crippen molar-refractivity contribution in [1.82, 2.24) is 10.6 Å². The van der Waals surface area contributed by atoms with Gasteiger partial charge in [-0.25, -0.2) is 4.99 Å². The van der Waals surface area contributed by atoms with Gasteiger partial charge in [0.1, 0.15) is 5.92 Å². The number of rotatable bonds is 3. The standard InChI is InChI=1S/C18H23N3OS/c1-12-15(17(22)20-14-10-6-3-7-11-14)16(21-18(23)19-12)13-8-4-2-5-9-13/h2,4-5,8-9,14-16H,3,6-7,10-11H2,1H3,(H,20,22)(H,21,23). The molecule has 0 bridgehead atoms. The van der Waals surface area contributed by atoms with Crippen molar-refractivity contribution in [3.8, 4) is 0 Å². The molecule has 122 valence electrons. The monoisotopic (exact) mass is 329 g/mol. The molecular formula is C18H23N3OS. The number of carbonyl (C=O) groups is 1. The van der Waals surface area contributed by atoms with Crippen molar-refractivity contribution in [2.75, 3.05) is 0 Å². The first-order valence-corrected chi connectivity index (χ1v) is 8.77. The summed E-state index contributed by atoms with van der Waals surface area (Å²) in [5.41, 5.74) is 1.85. The van der Waals surface area contributed by atoms with Crippen molar-refractivity contribution in [3.63, 3.8) is 0 Å². The Morgan fingerprint density at radius 2 is 1.91 bits per heavy atom.